The predicted octanol–water partition coefficient (Wildman–Crippen LogP) is 1.36. The molecule has 1 aromatic heterocycles. The fourth-order valence-corrected chi connectivity index (χ4v) is 3.39. The molecular weight excluding hydrogens is 334 g/mol. The molecule has 0 atom stereocenters. The number of sulfone groups is 1. The minimum Gasteiger partial charge on any atom is -0.313 e. The van der Waals surface area contributed by atoms with E-state index in [0.29, 0.717) is 22.1 Å². The summed E-state index contributed by atoms with van der Waals surface area (Å²) >= 11 is 11.4. The van der Waals surface area contributed by atoms with Crippen molar-refractivity contribution in [3.8, 4) is 0 Å². The molecule has 21 heavy (non-hydrogen) atoms. The number of tetrazole rings is 1. The maximum atomic E-state index is 11.6. The lowest BCUT2D eigenvalue weighted by molar-refractivity contribution is 0.602. The number of benzene rings is 1. The molecule has 0 fully saturated rings. The Labute approximate surface area is 132 Å². The third kappa shape index (κ3) is 3.20. The quantitative estimate of drug-likeness (QED) is 0.840. The van der Waals surface area contributed by atoms with Crippen molar-refractivity contribution in [3.63, 3.8) is 0 Å². The molecule has 0 spiro atoms. The molecule has 0 radical (unpaired) electrons. The number of halogens is 1. The summed E-state index contributed by atoms with van der Waals surface area (Å²) in [5.74, 6) is 0.378. The van der Waals surface area contributed by atoms with Crippen LogP contribution in [-0.2, 0) is 16.9 Å². The monoisotopic (exact) mass is 345 g/mol. The van der Waals surface area contributed by atoms with Crippen LogP contribution < -0.4 is 5.32 Å². The molecule has 0 amide bonds. The Morgan fingerprint density at radius 2 is 2.10 bits per heavy atom. The largest absolute Gasteiger partial charge is 0.313 e. The fourth-order valence-electron chi connectivity index (χ4n) is 1.70. The molecular formula is C11H12ClN5O2S2. The van der Waals surface area contributed by atoms with Crippen LogP contribution in [0.3, 0.4) is 0 Å². The lowest BCUT2D eigenvalue weighted by atomic mass is 10.1. The first-order chi connectivity index (χ1) is 9.71. The Bertz CT molecular complexity index is 816. The fraction of sp³-hybridized carbons (Fsp3) is 0.273. The van der Waals surface area contributed by atoms with Gasteiger partial charge in [-0.1, -0.05) is 35.0 Å². The minimum absolute atomic E-state index is 0.0774. The standard InChI is InChI=1S/C11H12ClN5O2S2/c1-6-7(4-5-8(9(6)12)21(3,18)19)10(20)13-11-14-15-16-17(11)2/h4-5H,1-3H3,(H,13,14,16,20). The minimum atomic E-state index is -3.39. The molecule has 0 aliphatic rings. The van der Waals surface area contributed by atoms with Crippen molar-refractivity contribution in [1.29, 1.82) is 0 Å². The molecule has 1 aromatic carbocycles. The van der Waals surface area contributed by atoms with E-state index >= 15 is 0 Å². The molecule has 2 aromatic rings. The molecule has 0 aliphatic heterocycles. The predicted molar refractivity (Wildman–Crippen MR) is 83.4 cm³/mol. The third-order valence-electron chi connectivity index (χ3n) is 2.84. The maximum Gasteiger partial charge on any atom is 0.247 e. The van der Waals surface area contributed by atoms with E-state index in [4.69, 9.17) is 23.8 Å². The molecule has 0 saturated carbocycles. The Morgan fingerprint density at radius 3 is 2.62 bits per heavy atom. The Balaban J connectivity index is 2.40. The van der Waals surface area contributed by atoms with Crippen LogP contribution >= 0.6 is 23.8 Å². The lowest BCUT2D eigenvalue weighted by Gasteiger charge is -2.12. The van der Waals surface area contributed by atoms with Gasteiger partial charge in [0.2, 0.25) is 5.95 Å². The molecule has 0 aliphatic carbocycles. The van der Waals surface area contributed by atoms with Crippen LogP contribution in [0.25, 0.3) is 0 Å². The van der Waals surface area contributed by atoms with Crippen molar-refractivity contribution >= 4 is 44.6 Å². The Kier molecular flexibility index (Phi) is 4.26. The summed E-state index contributed by atoms with van der Waals surface area (Å²) in [5.41, 5.74) is 1.19. The summed E-state index contributed by atoms with van der Waals surface area (Å²) in [6.45, 7) is 1.70. The van der Waals surface area contributed by atoms with Crippen molar-refractivity contribution in [2.75, 3.05) is 11.6 Å². The highest BCUT2D eigenvalue weighted by Gasteiger charge is 2.18. The highest BCUT2D eigenvalue weighted by Crippen LogP contribution is 2.28. The second-order valence-electron chi connectivity index (χ2n) is 4.40. The molecule has 7 nitrogen and oxygen atoms in total. The van der Waals surface area contributed by atoms with Crippen LogP contribution in [0, 0.1) is 6.92 Å². The van der Waals surface area contributed by atoms with Crippen molar-refractivity contribution in [3.05, 3.63) is 28.3 Å². The van der Waals surface area contributed by atoms with Crippen molar-refractivity contribution < 1.29 is 8.42 Å². The maximum absolute atomic E-state index is 11.6. The van der Waals surface area contributed by atoms with Gasteiger partial charge in [-0.3, -0.25) is 0 Å². The number of thiocarbonyl (C=S) groups is 1. The summed E-state index contributed by atoms with van der Waals surface area (Å²) in [5, 5.41) is 14.0. The zero-order chi connectivity index (χ0) is 15.8. The SMILES string of the molecule is Cc1c(C(=S)Nc2nnnn2C)ccc(S(C)(=O)=O)c1Cl. The summed E-state index contributed by atoms with van der Waals surface area (Å²) in [6.07, 6.45) is 1.11. The van der Waals surface area contributed by atoms with Crippen LogP contribution in [0.4, 0.5) is 5.95 Å². The van der Waals surface area contributed by atoms with Crippen LogP contribution in [0.5, 0.6) is 0 Å². The van der Waals surface area contributed by atoms with E-state index < -0.39 is 9.84 Å². The highest BCUT2D eigenvalue weighted by atomic mass is 35.5. The number of hydrogen-bond donors (Lipinski definition) is 1. The first-order valence-corrected chi connectivity index (χ1v) is 8.42. The van der Waals surface area contributed by atoms with Crippen LogP contribution in [0.2, 0.25) is 5.02 Å². The van der Waals surface area contributed by atoms with Crippen molar-refractivity contribution in [2.45, 2.75) is 11.8 Å². The van der Waals surface area contributed by atoms with Crippen molar-refractivity contribution in [2.24, 2.45) is 7.05 Å². The van der Waals surface area contributed by atoms with Gasteiger partial charge in [0.1, 0.15) is 4.99 Å². The topological polar surface area (TPSA) is 89.8 Å². The first kappa shape index (κ1) is 15.8. The first-order valence-electron chi connectivity index (χ1n) is 5.74. The van der Waals surface area contributed by atoms with Gasteiger partial charge in [-0.25, -0.2) is 13.1 Å². The Morgan fingerprint density at radius 1 is 1.43 bits per heavy atom. The zero-order valence-corrected chi connectivity index (χ0v) is 13.8. The molecule has 2 rings (SSSR count). The van der Waals surface area contributed by atoms with E-state index in [1.165, 1.54) is 10.7 Å². The normalized spacial score (nSPS) is 11.4. The van der Waals surface area contributed by atoms with Gasteiger partial charge in [0.15, 0.2) is 9.84 Å². The van der Waals surface area contributed by atoms with E-state index in [1.54, 1.807) is 20.0 Å². The molecule has 0 saturated heterocycles. The smallest absolute Gasteiger partial charge is 0.247 e. The summed E-state index contributed by atoms with van der Waals surface area (Å²) in [6, 6.07) is 3.04. The number of aromatic nitrogens is 4. The lowest BCUT2D eigenvalue weighted by Crippen LogP contribution is -2.16. The Hall–Kier alpha value is -1.58. The van der Waals surface area contributed by atoms with Crippen LogP contribution in [0.15, 0.2) is 17.0 Å². The number of nitrogens with one attached hydrogen (secondary N) is 1. The average molecular weight is 346 g/mol. The van der Waals surface area contributed by atoms with E-state index in [0.717, 1.165) is 6.26 Å². The third-order valence-corrected chi connectivity index (χ3v) is 4.90. The van der Waals surface area contributed by atoms with E-state index in [-0.39, 0.29) is 9.92 Å². The van der Waals surface area contributed by atoms with E-state index in [2.05, 4.69) is 20.8 Å². The van der Waals surface area contributed by atoms with Gasteiger partial charge >= 0.3 is 0 Å². The molecule has 0 unspecified atom stereocenters. The zero-order valence-electron chi connectivity index (χ0n) is 11.5. The number of hydrogen-bond acceptors (Lipinski definition) is 6. The molecule has 0 bridgehead atoms. The number of rotatable bonds is 3. The number of nitrogens with zero attached hydrogens (tertiary/aromatic N) is 4. The van der Waals surface area contributed by atoms with Gasteiger partial charge in [-0.05, 0) is 29.0 Å². The van der Waals surface area contributed by atoms with Crippen LogP contribution in [0.1, 0.15) is 11.1 Å². The van der Waals surface area contributed by atoms with Gasteiger partial charge in [0, 0.05) is 18.9 Å². The number of anilines is 1. The van der Waals surface area contributed by atoms with E-state index in [9.17, 15) is 8.42 Å². The van der Waals surface area contributed by atoms with Gasteiger partial charge in [-0.15, -0.1) is 0 Å². The van der Waals surface area contributed by atoms with Gasteiger partial charge in [-0.2, -0.15) is 0 Å². The molecule has 112 valence electrons. The van der Waals surface area contributed by atoms with Crippen molar-refractivity contribution in [1.82, 2.24) is 20.2 Å². The van der Waals surface area contributed by atoms with Gasteiger partial charge < -0.3 is 5.32 Å². The highest BCUT2D eigenvalue weighted by molar-refractivity contribution is 7.90. The van der Waals surface area contributed by atoms with Gasteiger partial charge in [0.25, 0.3) is 0 Å². The molecule has 1 heterocycles. The molecule has 1 N–H and O–H groups in total. The van der Waals surface area contributed by atoms with E-state index in [1.807, 2.05) is 0 Å². The van der Waals surface area contributed by atoms with Gasteiger partial charge in [0.05, 0.1) is 9.92 Å². The number of aryl methyl sites for hydroxylation is 1. The summed E-state index contributed by atoms with van der Waals surface area (Å²) in [7, 11) is -1.72. The summed E-state index contributed by atoms with van der Waals surface area (Å²) < 4.78 is 24.7. The van der Waals surface area contributed by atoms with Crippen LogP contribution in [-0.4, -0.2) is 39.9 Å². The second-order valence-corrected chi connectivity index (χ2v) is 7.17. The average Bonchev–Trinajstić information content (AvgIpc) is 2.76. The summed E-state index contributed by atoms with van der Waals surface area (Å²) in [4.78, 5) is 0.431. The molecule has 10 heteroatoms. The second kappa shape index (κ2) is 5.66.